The molecule has 24 heavy (non-hydrogen) atoms. The van der Waals surface area contributed by atoms with Crippen molar-refractivity contribution in [2.45, 2.75) is 18.6 Å². The van der Waals surface area contributed by atoms with E-state index in [0.29, 0.717) is 23.5 Å². The predicted octanol–water partition coefficient (Wildman–Crippen LogP) is 0.959. The third kappa shape index (κ3) is 3.34. The van der Waals surface area contributed by atoms with Crippen LogP contribution < -0.4 is 15.4 Å². The first-order valence-electron chi connectivity index (χ1n) is 7.79. The van der Waals surface area contributed by atoms with Gasteiger partial charge in [0, 0.05) is 18.2 Å². The lowest BCUT2D eigenvalue weighted by atomic mass is 10.0. The molecular weight excluding hydrogens is 308 g/mol. The standard InChI is InChI=1S/C18H20N2O4/c19-13-6-7-15-16(9-13)24-17(8-12-4-2-1-3-5-12)18(23)20(15)10-14(22)11-21/h1-7,9,14,17,21-22H,8,10-11,19H2. The zero-order valence-electron chi connectivity index (χ0n) is 13.1. The Balaban J connectivity index is 1.91. The summed E-state index contributed by atoms with van der Waals surface area (Å²) in [5.74, 6) is 0.254. The molecule has 126 valence electrons. The lowest BCUT2D eigenvalue weighted by molar-refractivity contribution is -0.126. The average Bonchev–Trinajstić information content (AvgIpc) is 2.59. The molecule has 0 radical (unpaired) electrons. The largest absolute Gasteiger partial charge is 0.478 e. The molecule has 2 aromatic carbocycles. The van der Waals surface area contributed by atoms with E-state index in [4.69, 9.17) is 15.6 Å². The number of β-amino-alcohol motifs (C(OH)–C–C–N with tert-alkyl or cyclic N) is 1. The number of amides is 1. The molecule has 0 aromatic heterocycles. The summed E-state index contributed by atoms with van der Waals surface area (Å²) in [6, 6.07) is 14.6. The van der Waals surface area contributed by atoms with Crippen LogP contribution in [0.25, 0.3) is 0 Å². The number of fused-ring (bicyclic) bond motifs is 1. The Bertz CT molecular complexity index is 720. The maximum atomic E-state index is 12.8. The van der Waals surface area contributed by atoms with Crippen LogP contribution in [0.4, 0.5) is 11.4 Å². The number of anilines is 2. The van der Waals surface area contributed by atoms with Gasteiger partial charge in [-0.1, -0.05) is 30.3 Å². The molecule has 3 rings (SSSR count). The molecule has 0 fully saturated rings. The molecule has 0 saturated carbocycles. The molecule has 4 N–H and O–H groups in total. The summed E-state index contributed by atoms with van der Waals surface area (Å²) in [5, 5.41) is 18.9. The number of hydrogen-bond acceptors (Lipinski definition) is 5. The first-order valence-corrected chi connectivity index (χ1v) is 7.79. The second kappa shape index (κ2) is 6.90. The topological polar surface area (TPSA) is 96.0 Å². The molecule has 1 heterocycles. The lowest BCUT2D eigenvalue weighted by Crippen LogP contribution is -2.50. The summed E-state index contributed by atoms with van der Waals surface area (Å²) < 4.78 is 5.86. The fraction of sp³-hybridized carbons (Fsp3) is 0.278. The number of ether oxygens (including phenoxy) is 1. The van der Waals surface area contributed by atoms with Crippen molar-refractivity contribution in [2.24, 2.45) is 0 Å². The van der Waals surface area contributed by atoms with Gasteiger partial charge in [0.15, 0.2) is 6.10 Å². The highest BCUT2D eigenvalue weighted by atomic mass is 16.5. The number of carbonyl (C=O) groups is 1. The number of nitrogen functional groups attached to an aromatic ring is 1. The Morgan fingerprint density at radius 1 is 1.21 bits per heavy atom. The molecular formula is C18H20N2O4. The number of aliphatic hydroxyl groups excluding tert-OH is 2. The van der Waals surface area contributed by atoms with Gasteiger partial charge in [0.1, 0.15) is 5.75 Å². The van der Waals surface area contributed by atoms with Gasteiger partial charge >= 0.3 is 0 Å². The minimum absolute atomic E-state index is 0.000894. The third-order valence-corrected chi connectivity index (χ3v) is 3.95. The molecule has 6 nitrogen and oxygen atoms in total. The quantitative estimate of drug-likeness (QED) is 0.711. The van der Waals surface area contributed by atoms with Crippen LogP contribution in [0.3, 0.4) is 0 Å². The van der Waals surface area contributed by atoms with E-state index in [1.807, 2.05) is 30.3 Å². The van der Waals surface area contributed by atoms with Crippen LogP contribution in [0.2, 0.25) is 0 Å². The number of nitrogens with zero attached hydrogens (tertiary/aromatic N) is 1. The molecule has 0 aliphatic carbocycles. The van der Waals surface area contributed by atoms with Gasteiger partial charge in [-0.2, -0.15) is 0 Å². The van der Waals surface area contributed by atoms with Crippen molar-refractivity contribution in [3.05, 3.63) is 54.1 Å². The summed E-state index contributed by atoms with van der Waals surface area (Å²) in [5.41, 5.74) is 7.87. The van der Waals surface area contributed by atoms with E-state index < -0.39 is 18.8 Å². The second-order valence-corrected chi connectivity index (χ2v) is 5.81. The number of hydrogen-bond donors (Lipinski definition) is 3. The summed E-state index contributed by atoms with van der Waals surface area (Å²) in [7, 11) is 0. The minimum Gasteiger partial charge on any atom is -0.478 e. The molecule has 1 aliphatic rings. The minimum atomic E-state index is -1.02. The van der Waals surface area contributed by atoms with Crippen molar-refractivity contribution in [2.75, 3.05) is 23.8 Å². The van der Waals surface area contributed by atoms with Crippen LogP contribution in [-0.4, -0.2) is 41.5 Å². The van der Waals surface area contributed by atoms with Crippen molar-refractivity contribution in [3.8, 4) is 5.75 Å². The molecule has 6 heteroatoms. The molecule has 0 bridgehead atoms. The molecule has 2 atom stereocenters. The van der Waals surface area contributed by atoms with E-state index in [9.17, 15) is 9.90 Å². The SMILES string of the molecule is Nc1ccc2c(c1)OC(Cc1ccccc1)C(=O)N2CC(O)CO. The number of carbonyl (C=O) groups excluding carboxylic acids is 1. The molecule has 0 saturated heterocycles. The second-order valence-electron chi connectivity index (χ2n) is 5.81. The van der Waals surface area contributed by atoms with E-state index in [2.05, 4.69) is 0 Å². The van der Waals surface area contributed by atoms with E-state index in [1.54, 1.807) is 18.2 Å². The maximum Gasteiger partial charge on any atom is 0.268 e. The monoisotopic (exact) mass is 328 g/mol. The van der Waals surface area contributed by atoms with Gasteiger partial charge < -0.3 is 25.6 Å². The number of rotatable bonds is 5. The van der Waals surface area contributed by atoms with Crippen molar-refractivity contribution >= 4 is 17.3 Å². The molecule has 1 aliphatic heterocycles. The maximum absolute atomic E-state index is 12.8. The van der Waals surface area contributed by atoms with E-state index >= 15 is 0 Å². The van der Waals surface area contributed by atoms with Crippen molar-refractivity contribution in [1.82, 2.24) is 0 Å². The highest BCUT2D eigenvalue weighted by molar-refractivity contribution is 6.00. The first-order chi connectivity index (χ1) is 11.6. The van der Waals surface area contributed by atoms with Gasteiger partial charge in [0.2, 0.25) is 0 Å². The first kappa shape index (κ1) is 16.3. The van der Waals surface area contributed by atoms with Crippen molar-refractivity contribution < 1.29 is 19.7 Å². The van der Waals surface area contributed by atoms with Gasteiger partial charge in [-0.15, -0.1) is 0 Å². The van der Waals surface area contributed by atoms with Crippen LogP contribution in [0.1, 0.15) is 5.56 Å². The fourth-order valence-corrected chi connectivity index (χ4v) is 2.76. The zero-order valence-corrected chi connectivity index (χ0v) is 13.1. The van der Waals surface area contributed by atoms with Crippen molar-refractivity contribution in [1.29, 1.82) is 0 Å². The third-order valence-electron chi connectivity index (χ3n) is 3.95. The van der Waals surface area contributed by atoms with Crippen molar-refractivity contribution in [3.63, 3.8) is 0 Å². The Morgan fingerprint density at radius 2 is 1.96 bits per heavy atom. The highest BCUT2D eigenvalue weighted by Gasteiger charge is 2.35. The van der Waals surface area contributed by atoms with E-state index in [-0.39, 0.29) is 12.5 Å². The van der Waals surface area contributed by atoms with Crippen LogP contribution >= 0.6 is 0 Å². The van der Waals surface area contributed by atoms with E-state index in [1.165, 1.54) is 4.90 Å². The normalized spacial score (nSPS) is 18.0. The van der Waals surface area contributed by atoms with Gasteiger partial charge in [0.05, 0.1) is 24.9 Å². The number of nitrogens with two attached hydrogens (primary N) is 1. The van der Waals surface area contributed by atoms with Gasteiger partial charge in [-0.25, -0.2) is 0 Å². The van der Waals surface area contributed by atoms with Gasteiger partial charge in [0.25, 0.3) is 5.91 Å². The zero-order chi connectivity index (χ0) is 17.1. The Labute approximate surface area is 140 Å². The molecule has 2 unspecified atom stereocenters. The Hall–Kier alpha value is -2.57. The fourth-order valence-electron chi connectivity index (χ4n) is 2.76. The number of benzene rings is 2. The Kier molecular flexibility index (Phi) is 4.69. The summed E-state index contributed by atoms with van der Waals surface area (Å²) in [6.45, 7) is -0.417. The van der Waals surface area contributed by atoms with Gasteiger partial charge in [-0.3, -0.25) is 4.79 Å². The smallest absolute Gasteiger partial charge is 0.268 e. The van der Waals surface area contributed by atoms with E-state index in [0.717, 1.165) is 5.56 Å². The molecule has 2 aromatic rings. The van der Waals surface area contributed by atoms with Crippen LogP contribution in [0.15, 0.2) is 48.5 Å². The van der Waals surface area contributed by atoms with Gasteiger partial charge in [-0.05, 0) is 17.7 Å². The van der Waals surface area contributed by atoms with Crippen LogP contribution in [0, 0.1) is 0 Å². The molecule has 0 spiro atoms. The summed E-state index contributed by atoms with van der Waals surface area (Å²) in [6.07, 6.45) is -1.30. The lowest BCUT2D eigenvalue weighted by Gasteiger charge is -2.35. The molecule has 1 amide bonds. The average molecular weight is 328 g/mol. The number of aliphatic hydroxyl groups is 2. The Morgan fingerprint density at radius 3 is 2.67 bits per heavy atom. The predicted molar refractivity (Wildman–Crippen MR) is 90.9 cm³/mol. The van der Waals surface area contributed by atoms with Crippen LogP contribution in [0.5, 0.6) is 5.75 Å². The highest BCUT2D eigenvalue weighted by Crippen LogP contribution is 2.36. The summed E-state index contributed by atoms with van der Waals surface area (Å²) >= 11 is 0. The summed E-state index contributed by atoms with van der Waals surface area (Å²) in [4.78, 5) is 14.3. The van der Waals surface area contributed by atoms with Crippen LogP contribution in [-0.2, 0) is 11.2 Å².